The van der Waals surface area contributed by atoms with Crippen molar-refractivity contribution < 1.29 is 19.1 Å². The molecule has 0 radical (unpaired) electrons. The Kier molecular flexibility index (Phi) is 5.40. The Morgan fingerprint density at radius 2 is 1.61 bits per heavy atom. The van der Waals surface area contributed by atoms with Crippen molar-refractivity contribution in [2.24, 2.45) is 0 Å². The van der Waals surface area contributed by atoms with Gasteiger partial charge in [-0.2, -0.15) is 0 Å². The SMILES string of the molecule is CC(=O)c1ccc(OC(=O)COc2c(C)cc(Cl)cc2C)cc1. The second-order valence-corrected chi connectivity index (χ2v) is 5.65. The molecule has 0 aliphatic carbocycles. The van der Waals surface area contributed by atoms with Crippen LogP contribution < -0.4 is 9.47 Å². The molecule has 0 heterocycles. The Hall–Kier alpha value is -2.33. The molecule has 0 N–H and O–H groups in total. The van der Waals surface area contributed by atoms with Gasteiger partial charge in [0.2, 0.25) is 0 Å². The Balaban J connectivity index is 1.96. The molecule has 0 aliphatic heterocycles. The van der Waals surface area contributed by atoms with E-state index in [1.807, 2.05) is 13.8 Å². The third kappa shape index (κ3) is 4.57. The van der Waals surface area contributed by atoms with Gasteiger partial charge in [-0.25, -0.2) is 4.79 Å². The third-order valence-electron chi connectivity index (χ3n) is 3.25. The van der Waals surface area contributed by atoms with E-state index in [9.17, 15) is 9.59 Å². The van der Waals surface area contributed by atoms with Crippen LogP contribution in [0.3, 0.4) is 0 Å². The maximum atomic E-state index is 11.9. The van der Waals surface area contributed by atoms with Gasteiger partial charge in [-0.3, -0.25) is 4.79 Å². The molecule has 120 valence electrons. The molecule has 4 nitrogen and oxygen atoms in total. The zero-order valence-corrected chi connectivity index (χ0v) is 13.9. The summed E-state index contributed by atoms with van der Waals surface area (Å²) in [6.07, 6.45) is 0. The maximum Gasteiger partial charge on any atom is 0.349 e. The Morgan fingerprint density at radius 3 is 2.13 bits per heavy atom. The first-order valence-electron chi connectivity index (χ1n) is 7.08. The van der Waals surface area contributed by atoms with Gasteiger partial charge in [0.25, 0.3) is 0 Å². The molecule has 0 atom stereocenters. The van der Waals surface area contributed by atoms with Crippen LogP contribution in [0.15, 0.2) is 36.4 Å². The molecule has 0 aliphatic rings. The van der Waals surface area contributed by atoms with Gasteiger partial charge < -0.3 is 9.47 Å². The van der Waals surface area contributed by atoms with Crippen LogP contribution in [0.25, 0.3) is 0 Å². The summed E-state index contributed by atoms with van der Waals surface area (Å²) < 4.78 is 10.7. The largest absolute Gasteiger partial charge is 0.481 e. The van der Waals surface area contributed by atoms with Crippen LogP contribution in [-0.4, -0.2) is 18.4 Å². The maximum absolute atomic E-state index is 11.9. The van der Waals surface area contributed by atoms with Crippen molar-refractivity contribution in [1.29, 1.82) is 0 Å². The third-order valence-corrected chi connectivity index (χ3v) is 3.47. The fraction of sp³-hybridized carbons (Fsp3) is 0.222. The quantitative estimate of drug-likeness (QED) is 0.469. The molecule has 0 unspecified atom stereocenters. The zero-order valence-electron chi connectivity index (χ0n) is 13.2. The summed E-state index contributed by atoms with van der Waals surface area (Å²) in [5.74, 6) is 0.431. The number of hydrogen-bond acceptors (Lipinski definition) is 4. The lowest BCUT2D eigenvalue weighted by atomic mass is 10.1. The van der Waals surface area contributed by atoms with Gasteiger partial charge in [0.15, 0.2) is 12.4 Å². The lowest BCUT2D eigenvalue weighted by Gasteiger charge is -2.12. The predicted molar refractivity (Wildman–Crippen MR) is 88.5 cm³/mol. The van der Waals surface area contributed by atoms with Crippen molar-refractivity contribution >= 4 is 23.4 Å². The molecule has 2 rings (SSSR count). The average Bonchev–Trinajstić information content (AvgIpc) is 2.46. The number of halogens is 1. The van der Waals surface area contributed by atoms with Crippen molar-refractivity contribution in [3.8, 4) is 11.5 Å². The first kappa shape index (κ1) is 17.0. The number of hydrogen-bond donors (Lipinski definition) is 0. The Labute approximate surface area is 140 Å². The van der Waals surface area contributed by atoms with Gasteiger partial charge in [0, 0.05) is 10.6 Å². The molecular formula is C18H17ClO4. The van der Waals surface area contributed by atoms with Crippen molar-refractivity contribution in [1.82, 2.24) is 0 Å². The second kappa shape index (κ2) is 7.29. The van der Waals surface area contributed by atoms with Crippen LogP contribution in [-0.2, 0) is 4.79 Å². The van der Waals surface area contributed by atoms with Gasteiger partial charge in [-0.1, -0.05) is 11.6 Å². The van der Waals surface area contributed by atoms with E-state index in [2.05, 4.69) is 0 Å². The highest BCUT2D eigenvalue weighted by Gasteiger charge is 2.11. The molecular weight excluding hydrogens is 316 g/mol. The summed E-state index contributed by atoms with van der Waals surface area (Å²) in [7, 11) is 0. The van der Waals surface area contributed by atoms with Gasteiger partial charge >= 0.3 is 5.97 Å². The van der Waals surface area contributed by atoms with Crippen LogP contribution in [0, 0.1) is 13.8 Å². The van der Waals surface area contributed by atoms with Gasteiger partial charge in [-0.15, -0.1) is 0 Å². The molecule has 0 spiro atoms. The molecule has 0 bridgehead atoms. The smallest absolute Gasteiger partial charge is 0.349 e. The van der Waals surface area contributed by atoms with Crippen LogP contribution >= 0.6 is 11.6 Å². The summed E-state index contributed by atoms with van der Waals surface area (Å²) in [6.45, 7) is 4.99. The monoisotopic (exact) mass is 332 g/mol. The van der Waals surface area contributed by atoms with E-state index in [0.29, 0.717) is 22.1 Å². The first-order valence-corrected chi connectivity index (χ1v) is 7.46. The fourth-order valence-corrected chi connectivity index (χ4v) is 2.50. The molecule has 0 amide bonds. The van der Waals surface area contributed by atoms with Gasteiger partial charge in [0.05, 0.1) is 0 Å². The summed E-state index contributed by atoms with van der Waals surface area (Å²) >= 11 is 5.96. The zero-order chi connectivity index (χ0) is 17.0. The molecule has 0 fully saturated rings. The highest BCUT2D eigenvalue weighted by Crippen LogP contribution is 2.27. The number of rotatable bonds is 5. The molecule has 2 aromatic carbocycles. The van der Waals surface area contributed by atoms with E-state index in [1.54, 1.807) is 36.4 Å². The van der Waals surface area contributed by atoms with E-state index in [4.69, 9.17) is 21.1 Å². The Morgan fingerprint density at radius 1 is 1.04 bits per heavy atom. The minimum absolute atomic E-state index is 0.0418. The summed E-state index contributed by atoms with van der Waals surface area (Å²) in [5.41, 5.74) is 2.27. The fourth-order valence-electron chi connectivity index (χ4n) is 2.17. The van der Waals surface area contributed by atoms with E-state index in [-0.39, 0.29) is 12.4 Å². The first-order chi connectivity index (χ1) is 10.9. The number of ketones is 1. The Bertz CT molecular complexity index is 712. The number of carbonyl (C=O) groups excluding carboxylic acids is 2. The summed E-state index contributed by atoms with van der Waals surface area (Å²) in [5, 5.41) is 0.625. The highest BCUT2D eigenvalue weighted by molar-refractivity contribution is 6.30. The number of Topliss-reactive ketones (excluding diaryl/α,β-unsaturated/α-hetero) is 1. The number of ether oxygens (including phenoxy) is 2. The predicted octanol–water partition coefficient (Wildman–Crippen LogP) is 4.14. The normalized spacial score (nSPS) is 10.3. The van der Waals surface area contributed by atoms with E-state index in [1.165, 1.54) is 6.92 Å². The highest BCUT2D eigenvalue weighted by atomic mass is 35.5. The number of aryl methyl sites for hydroxylation is 2. The number of benzene rings is 2. The molecule has 0 aromatic heterocycles. The number of carbonyl (C=O) groups is 2. The van der Waals surface area contributed by atoms with Crippen molar-refractivity contribution in [2.75, 3.05) is 6.61 Å². The molecule has 0 saturated heterocycles. The van der Waals surface area contributed by atoms with E-state index >= 15 is 0 Å². The van der Waals surface area contributed by atoms with Gasteiger partial charge in [0.1, 0.15) is 11.5 Å². The lowest BCUT2D eigenvalue weighted by molar-refractivity contribution is -0.136. The molecule has 23 heavy (non-hydrogen) atoms. The average molecular weight is 333 g/mol. The van der Waals surface area contributed by atoms with Crippen LogP contribution in [0.5, 0.6) is 11.5 Å². The van der Waals surface area contributed by atoms with Crippen molar-refractivity contribution in [3.63, 3.8) is 0 Å². The van der Waals surface area contributed by atoms with Crippen LogP contribution in [0.2, 0.25) is 5.02 Å². The van der Waals surface area contributed by atoms with Gasteiger partial charge in [-0.05, 0) is 68.3 Å². The van der Waals surface area contributed by atoms with E-state index in [0.717, 1.165) is 11.1 Å². The van der Waals surface area contributed by atoms with Crippen LogP contribution in [0.4, 0.5) is 0 Å². The summed E-state index contributed by atoms with van der Waals surface area (Å²) in [4.78, 5) is 23.0. The lowest BCUT2D eigenvalue weighted by Crippen LogP contribution is -2.18. The standard InChI is InChI=1S/C18H17ClO4/c1-11-8-15(19)9-12(2)18(11)22-10-17(21)23-16-6-4-14(5-7-16)13(3)20/h4-9H,10H2,1-3H3. The molecule has 0 saturated carbocycles. The summed E-state index contributed by atoms with van der Waals surface area (Å²) in [6, 6.07) is 9.92. The minimum Gasteiger partial charge on any atom is -0.481 e. The van der Waals surface area contributed by atoms with E-state index < -0.39 is 5.97 Å². The minimum atomic E-state index is -0.519. The number of esters is 1. The molecule has 5 heteroatoms. The van der Waals surface area contributed by atoms with Crippen molar-refractivity contribution in [2.45, 2.75) is 20.8 Å². The topological polar surface area (TPSA) is 52.6 Å². The van der Waals surface area contributed by atoms with Crippen LogP contribution in [0.1, 0.15) is 28.4 Å². The second-order valence-electron chi connectivity index (χ2n) is 5.21. The molecule has 2 aromatic rings. The van der Waals surface area contributed by atoms with Crippen molar-refractivity contribution in [3.05, 3.63) is 58.1 Å².